The molecule has 2 N–H and O–H groups in total. The van der Waals surface area contributed by atoms with E-state index < -0.39 is 0 Å². The molecule has 2 aliphatic rings. The predicted octanol–water partition coefficient (Wildman–Crippen LogP) is 1.16. The first-order chi connectivity index (χ1) is 8.83. The highest BCUT2D eigenvalue weighted by Crippen LogP contribution is 2.24. The monoisotopic (exact) mass is 256 g/mol. The molecule has 2 rings (SSSR count). The van der Waals surface area contributed by atoms with E-state index in [1.165, 1.54) is 19.3 Å². The standard InChI is InChI=1S/C14H28N2O2/c1-3-5-15-14-10-17-9-11(14)8-16-12-6-13(7-12)18-4-2/h11-16H,3-10H2,1-2H3. The number of hydrogen-bond acceptors (Lipinski definition) is 4. The molecule has 1 aliphatic heterocycles. The van der Waals surface area contributed by atoms with Crippen LogP contribution in [0.25, 0.3) is 0 Å². The number of hydrogen-bond donors (Lipinski definition) is 2. The van der Waals surface area contributed by atoms with Gasteiger partial charge in [0.05, 0.1) is 19.3 Å². The predicted molar refractivity (Wildman–Crippen MR) is 72.8 cm³/mol. The van der Waals surface area contributed by atoms with E-state index in [4.69, 9.17) is 9.47 Å². The van der Waals surface area contributed by atoms with E-state index in [0.29, 0.717) is 24.1 Å². The Labute approximate surface area is 111 Å². The van der Waals surface area contributed by atoms with Crippen molar-refractivity contribution in [3.05, 3.63) is 0 Å². The average molecular weight is 256 g/mol. The minimum Gasteiger partial charge on any atom is -0.379 e. The van der Waals surface area contributed by atoms with Gasteiger partial charge in [-0.25, -0.2) is 0 Å². The van der Waals surface area contributed by atoms with E-state index in [0.717, 1.165) is 32.9 Å². The lowest BCUT2D eigenvalue weighted by Crippen LogP contribution is -2.49. The fraction of sp³-hybridized carbons (Fsp3) is 1.00. The second-order valence-electron chi connectivity index (χ2n) is 5.51. The molecular weight excluding hydrogens is 228 g/mol. The summed E-state index contributed by atoms with van der Waals surface area (Å²) in [6.45, 7) is 9.07. The van der Waals surface area contributed by atoms with E-state index in [1.54, 1.807) is 0 Å². The van der Waals surface area contributed by atoms with Gasteiger partial charge in [0.25, 0.3) is 0 Å². The topological polar surface area (TPSA) is 42.5 Å². The van der Waals surface area contributed by atoms with Crippen LogP contribution in [0, 0.1) is 5.92 Å². The summed E-state index contributed by atoms with van der Waals surface area (Å²) in [5.41, 5.74) is 0. The lowest BCUT2D eigenvalue weighted by atomic mass is 9.88. The summed E-state index contributed by atoms with van der Waals surface area (Å²) in [7, 11) is 0. The molecule has 0 amide bonds. The minimum atomic E-state index is 0.501. The summed E-state index contributed by atoms with van der Waals surface area (Å²) < 4.78 is 11.2. The molecule has 4 nitrogen and oxygen atoms in total. The third kappa shape index (κ3) is 3.92. The van der Waals surface area contributed by atoms with Gasteiger partial charge in [-0.1, -0.05) is 6.92 Å². The number of nitrogens with one attached hydrogen (secondary N) is 2. The van der Waals surface area contributed by atoms with Crippen molar-refractivity contribution in [1.29, 1.82) is 0 Å². The van der Waals surface area contributed by atoms with Crippen molar-refractivity contribution in [3.8, 4) is 0 Å². The molecule has 0 radical (unpaired) electrons. The van der Waals surface area contributed by atoms with Crippen LogP contribution in [-0.4, -0.2) is 51.1 Å². The van der Waals surface area contributed by atoms with Crippen molar-refractivity contribution in [2.75, 3.05) is 32.9 Å². The van der Waals surface area contributed by atoms with Gasteiger partial charge in [0.1, 0.15) is 0 Å². The third-order valence-electron chi connectivity index (χ3n) is 4.02. The molecule has 106 valence electrons. The van der Waals surface area contributed by atoms with Crippen LogP contribution in [-0.2, 0) is 9.47 Å². The van der Waals surface area contributed by atoms with E-state index in [2.05, 4.69) is 24.5 Å². The highest BCUT2D eigenvalue weighted by molar-refractivity contribution is 4.89. The minimum absolute atomic E-state index is 0.501. The molecule has 0 aromatic carbocycles. The zero-order valence-electron chi connectivity index (χ0n) is 11.8. The summed E-state index contributed by atoms with van der Waals surface area (Å²) in [5.74, 6) is 0.627. The first kappa shape index (κ1) is 14.3. The first-order valence-electron chi connectivity index (χ1n) is 7.49. The molecule has 1 saturated heterocycles. The van der Waals surface area contributed by atoms with Gasteiger partial charge in [-0.15, -0.1) is 0 Å². The fourth-order valence-corrected chi connectivity index (χ4v) is 2.78. The van der Waals surface area contributed by atoms with Gasteiger partial charge < -0.3 is 20.1 Å². The zero-order valence-corrected chi connectivity index (χ0v) is 11.8. The maximum absolute atomic E-state index is 5.58. The zero-order chi connectivity index (χ0) is 12.8. The van der Waals surface area contributed by atoms with Crippen LogP contribution in [0.15, 0.2) is 0 Å². The Morgan fingerprint density at radius 1 is 1.17 bits per heavy atom. The summed E-state index contributed by atoms with van der Waals surface area (Å²) in [4.78, 5) is 0. The Morgan fingerprint density at radius 3 is 2.72 bits per heavy atom. The molecule has 0 aromatic heterocycles. The maximum atomic E-state index is 5.58. The van der Waals surface area contributed by atoms with Crippen molar-refractivity contribution in [2.45, 2.75) is 51.3 Å². The highest BCUT2D eigenvalue weighted by Gasteiger charge is 2.32. The van der Waals surface area contributed by atoms with Crippen LogP contribution in [0.1, 0.15) is 33.1 Å². The summed E-state index contributed by atoms with van der Waals surface area (Å²) in [5, 5.41) is 7.24. The molecule has 18 heavy (non-hydrogen) atoms. The van der Waals surface area contributed by atoms with Crippen LogP contribution in [0.3, 0.4) is 0 Å². The molecule has 2 unspecified atom stereocenters. The van der Waals surface area contributed by atoms with Gasteiger partial charge in [-0.3, -0.25) is 0 Å². The van der Waals surface area contributed by atoms with E-state index in [-0.39, 0.29) is 0 Å². The molecule has 1 aliphatic carbocycles. The molecule has 2 fully saturated rings. The number of ether oxygens (including phenoxy) is 2. The Bertz CT molecular complexity index is 232. The summed E-state index contributed by atoms with van der Waals surface area (Å²) >= 11 is 0. The molecule has 1 saturated carbocycles. The molecule has 4 heteroatoms. The van der Waals surface area contributed by atoms with Gasteiger partial charge in [-0.2, -0.15) is 0 Å². The molecule has 0 bridgehead atoms. The van der Waals surface area contributed by atoms with Crippen molar-refractivity contribution in [2.24, 2.45) is 5.92 Å². The van der Waals surface area contributed by atoms with Gasteiger partial charge >= 0.3 is 0 Å². The fourth-order valence-electron chi connectivity index (χ4n) is 2.78. The second kappa shape index (κ2) is 7.43. The molecule has 0 aromatic rings. The normalized spacial score (nSPS) is 35.7. The largest absolute Gasteiger partial charge is 0.379 e. The SMILES string of the molecule is CCCNC1COCC1CNC1CC(OCC)C1. The van der Waals surface area contributed by atoms with E-state index in [9.17, 15) is 0 Å². The molecule has 2 atom stereocenters. The van der Waals surface area contributed by atoms with Crippen molar-refractivity contribution in [3.63, 3.8) is 0 Å². The third-order valence-corrected chi connectivity index (χ3v) is 4.02. The van der Waals surface area contributed by atoms with Gasteiger partial charge in [0.15, 0.2) is 0 Å². The van der Waals surface area contributed by atoms with Gasteiger partial charge in [0.2, 0.25) is 0 Å². The van der Waals surface area contributed by atoms with Crippen LogP contribution < -0.4 is 10.6 Å². The van der Waals surface area contributed by atoms with Crippen LogP contribution in [0.4, 0.5) is 0 Å². The van der Waals surface area contributed by atoms with Crippen LogP contribution in [0.5, 0.6) is 0 Å². The molecular formula is C14H28N2O2. The summed E-state index contributed by atoms with van der Waals surface area (Å²) in [6, 6.07) is 1.20. The lowest BCUT2D eigenvalue weighted by molar-refractivity contribution is -0.0107. The van der Waals surface area contributed by atoms with Gasteiger partial charge in [0, 0.05) is 31.2 Å². The Morgan fingerprint density at radius 2 is 2.00 bits per heavy atom. The first-order valence-corrected chi connectivity index (χ1v) is 7.49. The van der Waals surface area contributed by atoms with Crippen molar-refractivity contribution >= 4 is 0 Å². The average Bonchev–Trinajstić information content (AvgIpc) is 2.76. The van der Waals surface area contributed by atoms with E-state index >= 15 is 0 Å². The summed E-state index contributed by atoms with van der Waals surface area (Å²) in [6.07, 6.45) is 4.04. The van der Waals surface area contributed by atoms with Gasteiger partial charge in [-0.05, 0) is 32.7 Å². The lowest BCUT2D eigenvalue weighted by Gasteiger charge is -2.36. The van der Waals surface area contributed by atoms with Crippen LogP contribution >= 0.6 is 0 Å². The Hall–Kier alpha value is -0.160. The van der Waals surface area contributed by atoms with E-state index in [1.807, 2.05) is 0 Å². The Balaban J connectivity index is 1.58. The number of rotatable bonds is 8. The maximum Gasteiger partial charge on any atom is 0.0623 e. The molecule has 1 heterocycles. The Kier molecular flexibility index (Phi) is 5.89. The smallest absolute Gasteiger partial charge is 0.0623 e. The quantitative estimate of drug-likeness (QED) is 0.684. The second-order valence-corrected chi connectivity index (χ2v) is 5.51. The van der Waals surface area contributed by atoms with Crippen LogP contribution in [0.2, 0.25) is 0 Å². The highest BCUT2D eigenvalue weighted by atomic mass is 16.5. The molecule has 0 spiro atoms. The van der Waals surface area contributed by atoms with Crippen molar-refractivity contribution in [1.82, 2.24) is 10.6 Å². The van der Waals surface area contributed by atoms with Crippen molar-refractivity contribution < 1.29 is 9.47 Å².